The van der Waals surface area contributed by atoms with E-state index in [2.05, 4.69) is 63.6 Å². The molecular formula is C22H18Br3N3O2. The van der Waals surface area contributed by atoms with Crippen LogP contribution in [0.15, 0.2) is 85.2 Å². The van der Waals surface area contributed by atoms with E-state index in [0.717, 1.165) is 30.2 Å². The molecule has 0 atom stereocenters. The Morgan fingerprint density at radius 2 is 1.63 bits per heavy atom. The van der Waals surface area contributed by atoms with Crippen molar-refractivity contribution in [3.8, 4) is 5.75 Å². The zero-order chi connectivity index (χ0) is 21.3. The minimum atomic E-state index is -0.241. The summed E-state index contributed by atoms with van der Waals surface area (Å²) in [5, 5.41) is 7.05. The molecule has 2 N–H and O–H groups in total. The van der Waals surface area contributed by atoms with Crippen LogP contribution in [-0.4, -0.2) is 18.7 Å². The number of hydrazone groups is 1. The lowest BCUT2D eigenvalue weighted by Gasteiger charge is -2.11. The molecule has 0 bridgehead atoms. The Morgan fingerprint density at radius 1 is 0.967 bits per heavy atom. The van der Waals surface area contributed by atoms with E-state index in [9.17, 15) is 4.79 Å². The number of nitrogens with zero attached hydrogens (tertiary/aromatic N) is 1. The molecule has 0 radical (unpaired) electrons. The lowest BCUT2D eigenvalue weighted by molar-refractivity contribution is -0.119. The molecule has 3 aromatic carbocycles. The zero-order valence-electron chi connectivity index (χ0n) is 15.7. The SMILES string of the molecule is O=C(CNc1ccc(Br)cc1)N/N=C\c1cc(Br)c(OCc2ccccc2)c(Br)c1. The van der Waals surface area contributed by atoms with Crippen LogP contribution >= 0.6 is 47.8 Å². The molecule has 0 heterocycles. The maximum absolute atomic E-state index is 11.9. The first-order valence-electron chi connectivity index (χ1n) is 8.98. The average molecular weight is 596 g/mol. The second-order valence-electron chi connectivity index (χ2n) is 6.24. The van der Waals surface area contributed by atoms with E-state index in [0.29, 0.717) is 12.4 Å². The van der Waals surface area contributed by atoms with Gasteiger partial charge in [0.15, 0.2) is 0 Å². The maximum atomic E-state index is 11.9. The van der Waals surface area contributed by atoms with Crippen molar-refractivity contribution in [2.75, 3.05) is 11.9 Å². The van der Waals surface area contributed by atoms with Crippen LogP contribution in [-0.2, 0) is 11.4 Å². The first kappa shape index (κ1) is 22.5. The van der Waals surface area contributed by atoms with Crippen molar-refractivity contribution in [3.05, 3.63) is 91.3 Å². The molecule has 0 spiro atoms. The number of carbonyl (C=O) groups is 1. The Bertz CT molecular complexity index is 1000. The van der Waals surface area contributed by atoms with Gasteiger partial charge < -0.3 is 10.1 Å². The number of hydrogen-bond donors (Lipinski definition) is 2. The van der Waals surface area contributed by atoms with Crippen LogP contribution < -0.4 is 15.5 Å². The van der Waals surface area contributed by atoms with Gasteiger partial charge in [-0.15, -0.1) is 0 Å². The van der Waals surface area contributed by atoms with Crippen LogP contribution in [0.2, 0.25) is 0 Å². The summed E-state index contributed by atoms with van der Waals surface area (Å²) in [6.45, 7) is 0.589. The van der Waals surface area contributed by atoms with E-state index in [-0.39, 0.29) is 12.5 Å². The molecule has 0 fully saturated rings. The highest BCUT2D eigenvalue weighted by Crippen LogP contribution is 2.35. The van der Waals surface area contributed by atoms with E-state index in [1.54, 1.807) is 6.21 Å². The van der Waals surface area contributed by atoms with Crippen molar-refractivity contribution >= 4 is 65.6 Å². The van der Waals surface area contributed by atoms with Crippen molar-refractivity contribution in [1.29, 1.82) is 0 Å². The molecule has 0 unspecified atom stereocenters. The van der Waals surface area contributed by atoms with Gasteiger partial charge in [-0.2, -0.15) is 5.10 Å². The van der Waals surface area contributed by atoms with Crippen LogP contribution in [0, 0.1) is 0 Å². The molecule has 8 heteroatoms. The lowest BCUT2D eigenvalue weighted by Crippen LogP contribution is -2.25. The molecule has 154 valence electrons. The number of hydrogen-bond acceptors (Lipinski definition) is 4. The molecule has 0 saturated carbocycles. The smallest absolute Gasteiger partial charge is 0.259 e. The van der Waals surface area contributed by atoms with Gasteiger partial charge in [-0.05, 0) is 79.4 Å². The molecule has 0 aliphatic rings. The first-order valence-corrected chi connectivity index (χ1v) is 11.4. The quantitative estimate of drug-likeness (QED) is 0.244. The van der Waals surface area contributed by atoms with Crippen LogP contribution in [0.25, 0.3) is 0 Å². The van der Waals surface area contributed by atoms with Gasteiger partial charge in [0.2, 0.25) is 0 Å². The highest BCUT2D eigenvalue weighted by Gasteiger charge is 2.09. The third-order valence-corrected chi connectivity index (χ3v) is 5.65. The van der Waals surface area contributed by atoms with Gasteiger partial charge in [0, 0.05) is 10.2 Å². The summed E-state index contributed by atoms with van der Waals surface area (Å²) in [5.41, 5.74) is 5.26. The van der Waals surface area contributed by atoms with Crippen molar-refractivity contribution < 1.29 is 9.53 Å². The number of carbonyl (C=O) groups excluding carboxylic acids is 1. The van der Waals surface area contributed by atoms with Gasteiger partial charge in [-0.25, -0.2) is 5.43 Å². The maximum Gasteiger partial charge on any atom is 0.259 e. The highest BCUT2D eigenvalue weighted by atomic mass is 79.9. The highest BCUT2D eigenvalue weighted by molar-refractivity contribution is 9.11. The molecule has 3 aromatic rings. The second kappa shape index (κ2) is 11.3. The number of halogens is 3. The number of nitrogens with one attached hydrogen (secondary N) is 2. The molecule has 1 amide bonds. The van der Waals surface area contributed by atoms with Crippen LogP contribution in [0.1, 0.15) is 11.1 Å². The van der Waals surface area contributed by atoms with E-state index in [1.165, 1.54) is 0 Å². The summed E-state index contributed by atoms with van der Waals surface area (Å²) in [7, 11) is 0. The summed E-state index contributed by atoms with van der Waals surface area (Å²) in [6.07, 6.45) is 1.58. The molecule has 5 nitrogen and oxygen atoms in total. The van der Waals surface area contributed by atoms with Crippen LogP contribution in [0.4, 0.5) is 5.69 Å². The van der Waals surface area contributed by atoms with Crippen molar-refractivity contribution in [2.45, 2.75) is 6.61 Å². The molecule has 3 rings (SSSR count). The predicted octanol–water partition coefficient (Wildman–Crippen LogP) is 6.12. The monoisotopic (exact) mass is 593 g/mol. The normalized spacial score (nSPS) is 10.8. The Labute approximate surface area is 200 Å². The van der Waals surface area contributed by atoms with Crippen molar-refractivity contribution in [2.24, 2.45) is 5.10 Å². The number of benzene rings is 3. The fourth-order valence-corrected chi connectivity index (χ4v) is 4.21. The molecule has 30 heavy (non-hydrogen) atoms. The summed E-state index contributed by atoms with van der Waals surface area (Å²) in [4.78, 5) is 11.9. The van der Waals surface area contributed by atoms with Crippen LogP contribution in [0.5, 0.6) is 5.75 Å². The minimum absolute atomic E-state index is 0.124. The summed E-state index contributed by atoms with van der Waals surface area (Å²) < 4.78 is 8.47. The largest absolute Gasteiger partial charge is 0.487 e. The molecule has 0 saturated heterocycles. The molecule has 0 aliphatic heterocycles. The number of amides is 1. The van der Waals surface area contributed by atoms with Crippen LogP contribution in [0.3, 0.4) is 0 Å². The minimum Gasteiger partial charge on any atom is -0.487 e. The third-order valence-electron chi connectivity index (χ3n) is 3.95. The molecule has 0 aromatic heterocycles. The summed E-state index contributed by atoms with van der Waals surface area (Å²) in [6, 6.07) is 21.3. The van der Waals surface area contributed by atoms with Gasteiger partial charge in [-0.3, -0.25) is 4.79 Å². The van der Waals surface area contributed by atoms with E-state index < -0.39 is 0 Å². The standard InChI is InChI=1S/C22H18Br3N3O2/c23-17-6-8-18(9-7-17)26-13-21(29)28-27-12-16-10-19(24)22(20(25)11-16)30-14-15-4-2-1-3-5-15/h1-12,26H,13-14H2,(H,28,29)/b27-12-. The van der Waals surface area contributed by atoms with Gasteiger partial charge in [0.05, 0.1) is 21.7 Å². The Balaban J connectivity index is 1.52. The van der Waals surface area contributed by atoms with Crippen molar-refractivity contribution in [1.82, 2.24) is 5.43 Å². The zero-order valence-corrected chi connectivity index (χ0v) is 20.5. The van der Waals surface area contributed by atoms with E-state index in [4.69, 9.17) is 4.74 Å². The summed E-state index contributed by atoms with van der Waals surface area (Å²) in [5.74, 6) is 0.467. The van der Waals surface area contributed by atoms with E-state index in [1.807, 2.05) is 66.7 Å². The molecule has 0 aliphatic carbocycles. The number of ether oxygens (including phenoxy) is 1. The summed E-state index contributed by atoms with van der Waals surface area (Å²) >= 11 is 10.4. The number of rotatable bonds is 8. The first-order chi connectivity index (χ1) is 14.5. The van der Waals surface area contributed by atoms with Gasteiger partial charge in [0.25, 0.3) is 5.91 Å². The van der Waals surface area contributed by atoms with Gasteiger partial charge >= 0.3 is 0 Å². The Hall–Kier alpha value is -2.16. The Morgan fingerprint density at radius 3 is 2.30 bits per heavy atom. The Kier molecular flexibility index (Phi) is 8.48. The molecular weight excluding hydrogens is 578 g/mol. The topological polar surface area (TPSA) is 62.7 Å². The van der Waals surface area contributed by atoms with Crippen molar-refractivity contribution in [3.63, 3.8) is 0 Å². The fourth-order valence-electron chi connectivity index (χ4n) is 2.49. The van der Waals surface area contributed by atoms with Gasteiger partial charge in [-0.1, -0.05) is 46.3 Å². The van der Waals surface area contributed by atoms with E-state index >= 15 is 0 Å². The van der Waals surface area contributed by atoms with Gasteiger partial charge in [0.1, 0.15) is 12.4 Å². The third kappa shape index (κ3) is 6.97. The average Bonchev–Trinajstić information content (AvgIpc) is 2.73. The number of anilines is 1. The fraction of sp³-hybridized carbons (Fsp3) is 0.0909. The second-order valence-corrected chi connectivity index (χ2v) is 8.87. The lowest BCUT2D eigenvalue weighted by atomic mass is 10.2. The predicted molar refractivity (Wildman–Crippen MR) is 131 cm³/mol.